The second-order valence-corrected chi connectivity index (χ2v) is 9.31. The molecule has 2 aromatic rings. The Balaban J connectivity index is 1.85. The second-order valence-electron chi connectivity index (χ2n) is 6.58. The Bertz CT molecular complexity index is 727. The Morgan fingerprint density at radius 1 is 1.00 bits per heavy atom. The minimum absolute atomic E-state index is 0.608. The van der Waals surface area contributed by atoms with E-state index in [1.165, 1.54) is 0 Å². The van der Waals surface area contributed by atoms with Crippen LogP contribution in [0.1, 0.15) is 27.2 Å². The van der Waals surface area contributed by atoms with Crippen LogP contribution in [0, 0.1) is 0 Å². The van der Waals surface area contributed by atoms with Crippen molar-refractivity contribution in [2.45, 2.75) is 33.2 Å². The molecule has 1 aromatic carbocycles. The van der Waals surface area contributed by atoms with Gasteiger partial charge in [0.15, 0.2) is 0 Å². The molecule has 0 atom stereocenters. The average molecular weight is 421 g/mol. The molecule has 0 bridgehead atoms. The van der Waals surface area contributed by atoms with Crippen LogP contribution in [0.4, 0.5) is 17.3 Å². The van der Waals surface area contributed by atoms with Crippen molar-refractivity contribution in [3.05, 3.63) is 36.7 Å². The first-order valence-electron chi connectivity index (χ1n) is 10.2. The van der Waals surface area contributed by atoms with Crippen LogP contribution < -0.4 is 9.88 Å². The second kappa shape index (κ2) is 11.8. The number of hydrogen-bond acceptors (Lipinski definition) is 6. The molecule has 0 fully saturated rings. The fourth-order valence-electron chi connectivity index (χ4n) is 3.01. The van der Waals surface area contributed by atoms with Crippen molar-refractivity contribution < 1.29 is 17.8 Å². The number of nitrogens with zero attached hydrogens (tertiary/aromatic N) is 4. The highest BCUT2D eigenvalue weighted by Gasteiger charge is 2.24. The van der Waals surface area contributed by atoms with Crippen LogP contribution in [-0.4, -0.2) is 39.7 Å². The average Bonchev–Trinajstić information content (AvgIpc) is 3.03. The van der Waals surface area contributed by atoms with Crippen LogP contribution in [0.3, 0.4) is 0 Å². The monoisotopic (exact) mass is 420 g/mol. The van der Waals surface area contributed by atoms with Crippen LogP contribution >= 0.6 is 0 Å². The summed E-state index contributed by atoms with van der Waals surface area (Å²) in [4.78, 5) is 0. The maximum absolute atomic E-state index is 5.89. The van der Waals surface area contributed by atoms with Gasteiger partial charge < -0.3 is 18.6 Å². The minimum atomic E-state index is -2.56. The lowest BCUT2D eigenvalue weighted by atomic mass is 10.3. The largest absolute Gasteiger partial charge is 0.525 e. The molecule has 0 aliphatic carbocycles. The van der Waals surface area contributed by atoms with E-state index in [0.717, 1.165) is 36.3 Å². The number of benzene rings is 1. The van der Waals surface area contributed by atoms with Gasteiger partial charge >= 0.3 is 5.95 Å². The minimum Gasteiger partial charge on any atom is -0.525 e. The van der Waals surface area contributed by atoms with Crippen molar-refractivity contribution in [3.8, 4) is 0 Å². The fraction of sp³-hybridized carbons (Fsp3) is 0.550. The number of imidazole rings is 1. The van der Waals surface area contributed by atoms with Crippen LogP contribution in [0.25, 0.3) is 0 Å². The van der Waals surface area contributed by atoms with Crippen LogP contribution in [0.5, 0.6) is 0 Å². The molecule has 1 aromatic heterocycles. The summed E-state index contributed by atoms with van der Waals surface area (Å²) >= 11 is 0. The van der Waals surface area contributed by atoms with Gasteiger partial charge in [-0.25, -0.2) is 9.13 Å². The van der Waals surface area contributed by atoms with E-state index in [-0.39, 0.29) is 0 Å². The summed E-state index contributed by atoms with van der Waals surface area (Å²) in [5.74, 6) is 0.790. The van der Waals surface area contributed by atoms with E-state index in [4.69, 9.17) is 13.3 Å². The molecule has 0 aliphatic heterocycles. The van der Waals surface area contributed by atoms with Crippen molar-refractivity contribution in [1.29, 1.82) is 0 Å². The van der Waals surface area contributed by atoms with Gasteiger partial charge in [-0.3, -0.25) is 0 Å². The van der Waals surface area contributed by atoms with Gasteiger partial charge in [-0.05, 0) is 45.0 Å². The molecule has 0 saturated carbocycles. The zero-order chi connectivity index (χ0) is 21.1. The van der Waals surface area contributed by atoms with Gasteiger partial charge in [0.05, 0.1) is 26.5 Å². The standard InChI is InChI=1S/C20H33N5O3Si/c1-6-26-29(27-7-2,28-8-3)17-9-14-21-18-10-12-19(13-11-18)22-23-20-24(4)15-16-25(20)5/h10-13,15-16H,6-9,14,17H2,1-5H3/q-1/p+1. The summed E-state index contributed by atoms with van der Waals surface area (Å²) in [6.45, 7) is 8.59. The molecule has 0 spiro atoms. The third-order valence-electron chi connectivity index (χ3n) is 4.35. The van der Waals surface area contributed by atoms with Gasteiger partial charge in [0.1, 0.15) is 5.69 Å². The fourth-order valence-corrected chi connectivity index (χ4v) is 5.62. The van der Waals surface area contributed by atoms with Gasteiger partial charge in [0.25, 0.3) is 8.80 Å². The SMILES string of the molecule is CCO[Si-](CCCNc1ccc(N=Nc2n(C)cc[n+]2C)cc1)(OCC)OCC. The molecule has 0 saturated heterocycles. The lowest BCUT2D eigenvalue weighted by molar-refractivity contribution is -0.657. The Kier molecular flexibility index (Phi) is 9.45. The lowest BCUT2D eigenvalue weighted by Crippen LogP contribution is -2.46. The first-order chi connectivity index (χ1) is 14.0. The predicted octanol–water partition coefficient (Wildman–Crippen LogP) is 4.12. The molecule has 0 radical (unpaired) electrons. The number of hydrogen-bond donors (Lipinski definition) is 1. The van der Waals surface area contributed by atoms with Crippen molar-refractivity contribution in [1.82, 2.24) is 4.57 Å². The molecule has 161 valence electrons. The van der Waals surface area contributed by atoms with E-state index in [2.05, 4.69) is 15.5 Å². The van der Waals surface area contributed by atoms with Crippen molar-refractivity contribution in [2.24, 2.45) is 24.3 Å². The van der Waals surface area contributed by atoms with Gasteiger partial charge in [0.2, 0.25) is 0 Å². The van der Waals surface area contributed by atoms with Crippen LogP contribution in [-0.2, 0) is 27.4 Å². The molecule has 2 rings (SSSR count). The molecular weight excluding hydrogens is 386 g/mol. The van der Waals surface area contributed by atoms with Gasteiger partial charge in [-0.2, -0.15) is 0 Å². The zero-order valence-corrected chi connectivity index (χ0v) is 19.2. The third-order valence-corrected chi connectivity index (χ3v) is 7.50. The van der Waals surface area contributed by atoms with Crippen molar-refractivity contribution in [3.63, 3.8) is 0 Å². The number of nitrogens with one attached hydrogen (secondary N) is 1. The number of aromatic nitrogens is 2. The van der Waals surface area contributed by atoms with Crippen LogP contribution in [0.2, 0.25) is 6.04 Å². The third kappa shape index (κ3) is 7.04. The molecule has 1 N–H and O–H groups in total. The van der Waals surface area contributed by atoms with Crippen molar-refractivity contribution in [2.75, 3.05) is 31.7 Å². The van der Waals surface area contributed by atoms with E-state index in [9.17, 15) is 0 Å². The zero-order valence-electron chi connectivity index (χ0n) is 18.2. The smallest absolute Gasteiger partial charge is 0.421 e. The van der Waals surface area contributed by atoms with E-state index in [1.807, 2.05) is 80.7 Å². The van der Waals surface area contributed by atoms with Gasteiger partial charge in [-0.15, -0.1) is 0 Å². The van der Waals surface area contributed by atoms with E-state index in [1.54, 1.807) is 0 Å². The van der Waals surface area contributed by atoms with Gasteiger partial charge in [0, 0.05) is 37.2 Å². The number of rotatable bonds is 13. The van der Waals surface area contributed by atoms with E-state index >= 15 is 0 Å². The number of azo groups is 1. The normalized spacial score (nSPS) is 12.0. The maximum atomic E-state index is 5.89. The van der Waals surface area contributed by atoms with Crippen molar-refractivity contribution >= 4 is 26.1 Å². The van der Waals surface area contributed by atoms with E-state index in [0.29, 0.717) is 19.8 Å². The Hall–Kier alpha value is -2.07. The lowest BCUT2D eigenvalue weighted by Gasteiger charge is -2.42. The first-order valence-corrected chi connectivity index (χ1v) is 12.1. The Morgan fingerprint density at radius 2 is 1.62 bits per heavy atom. The quantitative estimate of drug-likeness (QED) is 0.229. The molecule has 29 heavy (non-hydrogen) atoms. The number of aryl methyl sites for hydroxylation is 2. The highest BCUT2D eigenvalue weighted by Crippen LogP contribution is 2.20. The molecular formula is C20H34N5O3Si. The molecule has 9 heteroatoms. The Labute approximate surface area is 174 Å². The Morgan fingerprint density at radius 3 is 2.14 bits per heavy atom. The number of anilines is 1. The topological polar surface area (TPSA) is 73.2 Å². The molecule has 8 nitrogen and oxygen atoms in total. The first kappa shape index (κ1) is 23.2. The summed E-state index contributed by atoms with van der Waals surface area (Å²) in [6.07, 6.45) is 4.81. The molecule has 0 unspecified atom stereocenters. The van der Waals surface area contributed by atoms with E-state index < -0.39 is 8.80 Å². The highest BCUT2D eigenvalue weighted by atomic mass is 28.4. The predicted molar refractivity (Wildman–Crippen MR) is 116 cm³/mol. The maximum Gasteiger partial charge on any atom is 0.421 e. The molecule has 0 aliphatic rings. The summed E-state index contributed by atoms with van der Waals surface area (Å²) in [5.41, 5.74) is 1.86. The molecule has 1 heterocycles. The summed E-state index contributed by atoms with van der Waals surface area (Å²) in [5, 5.41) is 12.1. The van der Waals surface area contributed by atoms with Gasteiger partial charge in [-0.1, -0.05) is 17.6 Å². The summed E-state index contributed by atoms with van der Waals surface area (Å²) in [7, 11) is 1.33. The summed E-state index contributed by atoms with van der Waals surface area (Å²) < 4.78 is 21.5. The highest BCUT2D eigenvalue weighted by molar-refractivity contribution is 6.60. The van der Waals surface area contributed by atoms with Crippen LogP contribution in [0.15, 0.2) is 46.9 Å². The summed E-state index contributed by atoms with van der Waals surface area (Å²) in [6, 6.07) is 8.73. The molecule has 0 amide bonds.